The van der Waals surface area contributed by atoms with E-state index < -0.39 is 0 Å². The Hall–Kier alpha value is -0.910. The lowest BCUT2D eigenvalue weighted by Gasteiger charge is -2.20. The van der Waals surface area contributed by atoms with Gasteiger partial charge in [-0.1, -0.05) is 43.8 Å². The van der Waals surface area contributed by atoms with Gasteiger partial charge in [-0.2, -0.15) is 0 Å². The highest BCUT2D eigenvalue weighted by Crippen LogP contribution is 2.35. The number of nitrogens with zero attached hydrogens (tertiary/aromatic N) is 1. The van der Waals surface area contributed by atoms with E-state index in [0.717, 1.165) is 35.9 Å². The number of oxime groups is 1. The van der Waals surface area contributed by atoms with Gasteiger partial charge in [0.1, 0.15) is 5.60 Å². The Morgan fingerprint density at radius 1 is 1.52 bits per heavy atom. The van der Waals surface area contributed by atoms with Crippen molar-refractivity contribution in [2.45, 2.75) is 58.5 Å². The smallest absolute Gasteiger partial charge is 0.148 e. The molecule has 0 radical (unpaired) electrons. The summed E-state index contributed by atoms with van der Waals surface area (Å²) in [6.45, 7) is 10.5. The molecule has 0 aromatic rings. The van der Waals surface area contributed by atoms with E-state index in [1.165, 1.54) is 12.1 Å². The average molecular weight is 457 g/mol. The highest BCUT2D eigenvalue weighted by atomic mass is 127. The molecule has 0 bridgehead atoms. The third kappa shape index (κ3) is 5.80. The first-order valence-electron chi connectivity index (χ1n) is 9.24. The molecule has 0 N–H and O–H groups in total. The quantitative estimate of drug-likeness (QED) is 0.276. The van der Waals surface area contributed by atoms with Gasteiger partial charge in [0, 0.05) is 22.7 Å². The summed E-state index contributed by atoms with van der Waals surface area (Å²) in [5.41, 5.74) is 1.14. The predicted octanol–water partition coefficient (Wildman–Crippen LogP) is 5.78. The molecular weight excluding hydrogens is 425 g/mol. The van der Waals surface area contributed by atoms with Crippen molar-refractivity contribution in [1.29, 1.82) is 0 Å². The van der Waals surface area contributed by atoms with Crippen molar-refractivity contribution in [1.82, 2.24) is 0 Å². The van der Waals surface area contributed by atoms with Crippen LogP contribution >= 0.6 is 20.7 Å². The maximum Gasteiger partial charge on any atom is 0.148 e. The lowest BCUT2D eigenvalue weighted by atomic mass is 9.88. The summed E-state index contributed by atoms with van der Waals surface area (Å²) in [7, 11) is 1.78. The lowest BCUT2D eigenvalue weighted by molar-refractivity contribution is 0.0186. The molecule has 0 fully saturated rings. The van der Waals surface area contributed by atoms with Crippen LogP contribution < -0.4 is 0 Å². The topological polar surface area (TPSA) is 30.8 Å². The third-order valence-electron chi connectivity index (χ3n) is 4.95. The van der Waals surface area contributed by atoms with Crippen LogP contribution in [-0.2, 0) is 9.57 Å². The zero-order chi connectivity index (χ0) is 18.3. The highest BCUT2D eigenvalue weighted by Gasteiger charge is 2.37. The summed E-state index contributed by atoms with van der Waals surface area (Å²) < 4.78 is 8.19. The van der Waals surface area contributed by atoms with Gasteiger partial charge in [0.25, 0.3) is 0 Å². The summed E-state index contributed by atoms with van der Waals surface area (Å²) in [5.74, 6) is 2.14. The molecular formula is C21H32INO2. The zero-order valence-corrected chi connectivity index (χ0v) is 18.2. The Morgan fingerprint density at radius 2 is 2.32 bits per heavy atom. The number of halogens is 1. The first kappa shape index (κ1) is 20.4. The molecule has 1 aliphatic carbocycles. The molecule has 2 rings (SSSR count). The van der Waals surface area contributed by atoms with Gasteiger partial charge in [-0.15, -0.1) is 20.7 Å². The van der Waals surface area contributed by atoms with Gasteiger partial charge in [-0.3, -0.25) is 0 Å². The second kappa shape index (κ2) is 9.70. The van der Waals surface area contributed by atoms with Crippen molar-refractivity contribution in [2.24, 2.45) is 17.0 Å². The van der Waals surface area contributed by atoms with E-state index in [2.05, 4.69) is 44.7 Å². The van der Waals surface area contributed by atoms with Gasteiger partial charge in [0.05, 0.1) is 18.6 Å². The Balaban J connectivity index is 1.97. The second-order valence-corrected chi connectivity index (χ2v) is 10.1. The number of hydrogen-bond donors (Lipinski definition) is 0. The Kier molecular flexibility index (Phi) is 7.91. The van der Waals surface area contributed by atoms with E-state index in [9.17, 15) is 0 Å². The first-order chi connectivity index (χ1) is 12.0. The Morgan fingerprint density at radius 3 is 3.00 bits per heavy atom. The van der Waals surface area contributed by atoms with Crippen molar-refractivity contribution in [2.75, 3.05) is 11.5 Å². The molecule has 140 valence electrons. The SMILES string of the molecule is C=C/C=C\C(CC)=ICC1(C)CC([C@@H]2CC=C(OC)[C@H](C)CC2)=NO1. The van der Waals surface area contributed by atoms with Crippen LogP contribution in [0.3, 0.4) is 0 Å². The summed E-state index contributed by atoms with van der Waals surface area (Å²) in [6.07, 6.45) is 13.8. The van der Waals surface area contributed by atoms with E-state index in [4.69, 9.17) is 9.57 Å². The van der Waals surface area contributed by atoms with Crippen LogP contribution in [0.2, 0.25) is 0 Å². The van der Waals surface area contributed by atoms with Crippen LogP contribution in [0, 0.1) is 11.8 Å². The van der Waals surface area contributed by atoms with Crippen molar-refractivity contribution in [3.8, 4) is 0 Å². The summed E-state index contributed by atoms with van der Waals surface area (Å²) >= 11 is -0.0253. The van der Waals surface area contributed by atoms with Crippen molar-refractivity contribution in [3.63, 3.8) is 0 Å². The number of methoxy groups -OCH3 is 1. The molecule has 3 nitrogen and oxygen atoms in total. The van der Waals surface area contributed by atoms with Crippen molar-refractivity contribution < 1.29 is 9.57 Å². The predicted molar refractivity (Wildman–Crippen MR) is 117 cm³/mol. The summed E-state index contributed by atoms with van der Waals surface area (Å²) in [4.78, 5) is 5.93. The number of ether oxygens (including phenoxy) is 1. The van der Waals surface area contributed by atoms with Crippen LogP contribution in [-0.4, -0.2) is 26.4 Å². The van der Waals surface area contributed by atoms with Gasteiger partial charge in [-0.05, 0) is 42.2 Å². The van der Waals surface area contributed by atoms with E-state index in [1.54, 1.807) is 10.6 Å². The molecule has 0 amide bonds. The monoisotopic (exact) mass is 457 g/mol. The van der Waals surface area contributed by atoms with E-state index in [-0.39, 0.29) is 26.3 Å². The largest absolute Gasteiger partial charge is 0.501 e. The maximum absolute atomic E-state index is 5.93. The van der Waals surface area contributed by atoms with E-state index >= 15 is 0 Å². The normalized spacial score (nSPS) is 30.8. The molecule has 25 heavy (non-hydrogen) atoms. The fourth-order valence-electron chi connectivity index (χ4n) is 3.32. The van der Waals surface area contributed by atoms with Crippen LogP contribution in [0.25, 0.3) is 0 Å². The number of alkyl halides is 1. The van der Waals surface area contributed by atoms with Gasteiger partial charge in [0.2, 0.25) is 0 Å². The molecule has 0 saturated heterocycles. The molecule has 4 heteroatoms. The molecule has 0 spiro atoms. The zero-order valence-electron chi connectivity index (χ0n) is 16.1. The number of rotatable bonds is 7. The molecule has 1 aliphatic heterocycles. The fourth-order valence-corrected chi connectivity index (χ4v) is 6.03. The number of allylic oxidation sites excluding steroid dienone is 5. The Bertz CT molecular complexity index is 591. The van der Waals surface area contributed by atoms with Gasteiger partial charge < -0.3 is 9.57 Å². The molecule has 1 unspecified atom stereocenters. The number of hydrogen-bond acceptors (Lipinski definition) is 3. The van der Waals surface area contributed by atoms with Crippen molar-refractivity contribution in [3.05, 3.63) is 36.6 Å². The van der Waals surface area contributed by atoms with Crippen LogP contribution in [0.5, 0.6) is 0 Å². The van der Waals surface area contributed by atoms with E-state index in [0.29, 0.717) is 11.8 Å². The second-order valence-electron chi connectivity index (χ2n) is 7.18. The van der Waals surface area contributed by atoms with Crippen LogP contribution in [0.1, 0.15) is 52.9 Å². The molecule has 2 aliphatic rings. The summed E-state index contributed by atoms with van der Waals surface area (Å²) in [6, 6.07) is 0. The summed E-state index contributed by atoms with van der Waals surface area (Å²) in [5, 5.41) is 4.52. The minimum Gasteiger partial charge on any atom is -0.501 e. The average Bonchev–Trinajstić information content (AvgIpc) is 2.90. The van der Waals surface area contributed by atoms with Crippen LogP contribution in [0.15, 0.2) is 41.8 Å². The minimum atomic E-state index is -0.114. The molecule has 0 aromatic carbocycles. The first-order valence-corrected chi connectivity index (χ1v) is 11.8. The van der Waals surface area contributed by atoms with Gasteiger partial charge in [0.15, 0.2) is 0 Å². The third-order valence-corrected chi connectivity index (χ3v) is 9.05. The van der Waals surface area contributed by atoms with Crippen LogP contribution in [0.4, 0.5) is 0 Å². The molecule has 0 saturated carbocycles. The van der Waals surface area contributed by atoms with Gasteiger partial charge >= 0.3 is 0 Å². The lowest BCUT2D eigenvalue weighted by Crippen LogP contribution is -2.28. The maximum atomic E-state index is 5.93. The molecule has 3 atom stereocenters. The molecule has 1 heterocycles. The van der Waals surface area contributed by atoms with Crippen molar-refractivity contribution >= 4 is 30.0 Å². The highest BCUT2D eigenvalue weighted by molar-refractivity contribution is 14.2. The van der Waals surface area contributed by atoms with Gasteiger partial charge in [-0.25, -0.2) is 0 Å². The fraction of sp³-hybridized carbons (Fsp3) is 0.619. The Labute approximate surface area is 163 Å². The minimum absolute atomic E-state index is 0.0253. The van der Waals surface area contributed by atoms with E-state index in [1.807, 2.05) is 12.2 Å². The molecule has 0 aromatic heterocycles. The standard InChI is InChI=1S/C21H32INO2/c1-6-8-9-18(7-2)22-15-21(4)14-19(23-25-21)17-11-10-16(3)20(24-5)13-12-17/h6,8-9,13,16-17H,1,7,10-12,14-15H2,2-5H3/b9-8-/t16-,17+,21?/m1/s1.